The normalized spacial score (nSPS) is 12.2. The highest BCUT2D eigenvalue weighted by atomic mass is 127. The minimum absolute atomic E-state index is 0. The van der Waals surface area contributed by atoms with Gasteiger partial charge in [-0.15, -0.1) is 24.0 Å². The first-order valence-electron chi connectivity index (χ1n) is 6.78. The number of halogens is 1. The van der Waals surface area contributed by atoms with Crippen molar-refractivity contribution in [2.45, 2.75) is 31.3 Å². The van der Waals surface area contributed by atoms with Gasteiger partial charge < -0.3 is 10.6 Å². The van der Waals surface area contributed by atoms with Crippen molar-refractivity contribution in [1.29, 1.82) is 0 Å². The van der Waals surface area contributed by atoms with Crippen LogP contribution in [0.15, 0.2) is 34.2 Å². The molecule has 0 heterocycles. The lowest BCUT2D eigenvalue weighted by Gasteiger charge is -2.21. The summed E-state index contributed by atoms with van der Waals surface area (Å²) in [4.78, 5) is 4.32. The van der Waals surface area contributed by atoms with Crippen molar-refractivity contribution < 1.29 is 8.42 Å². The topological polar surface area (TPSA) is 73.8 Å². The fourth-order valence-electron chi connectivity index (χ4n) is 1.69. The number of hydrogen-bond donors (Lipinski definition) is 2. The lowest BCUT2D eigenvalue weighted by molar-refractivity contribution is 0.410. The van der Waals surface area contributed by atoms with E-state index in [9.17, 15) is 8.42 Å². The molecule has 0 aromatic heterocycles. The molecule has 0 amide bonds. The molecule has 0 spiro atoms. The number of guanidine groups is 1. The van der Waals surface area contributed by atoms with Crippen LogP contribution in [0.1, 0.15) is 19.4 Å². The fraction of sp³-hybridized carbons (Fsp3) is 0.500. The molecular formula is C14H25IN4O2S. The zero-order valence-electron chi connectivity index (χ0n) is 13.6. The summed E-state index contributed by atoms with van der Waals surface area (Å²) in [5, 5.41) is 6.03. The quantitative estimate of drug-likeness (QED) is 0.415. The third kappa shape index (κ3) is 5.40. The van der Waals surface area contributed by atoms with Gasteiger partial charge in [0.25, 0.3) is 0 Å². The summed E-state index contributed by atoms with van der Waals surface area (Å²) in [6.07, 6.45) is 0. The summed E-state index contributed by atoms with van der Waals surface area (Å²) in [7, 11) is 1.65. The highest BCUT2D eigenvalue weighted by Crippen LogP contribution is 2.17. The molecule has 0 atom stereocenters. The van der Waals surface area contributed by atoms with Gasteiger partial charge in [-0.2, -0.15) is 4.31 Å². The molecule has 0 aliphatic carbocycles. The smallest absolute Gasteiger partial charge is 0.243 e. The molecule has 0 unspecified atom stereocenters. The SMILES string of the molecule is CN=C(NC)NCc1ccc(S(=O)(=O)N(C)C(C)C)cc1.I. The van der Waals surface area contributed by atoms with E-state index in [4.69, 9.17) is 0 Å². The van der Waals surface area contributed by atoms with Crippen molar-refractivity contribution in [3.05, 3.63) is 29.8 Å². The van der Waals surface area contributed by atoms with Crippen molar-refractivity contribution in [3.63, 3.8) is 0 Å². The molecule has 126 valence electrons. The van der Waals surface area contributed by atoms with Crippen LogP contribution >= 0.6 is 24.0 Å². The van der Waals surface area contributed by atoms with E-state index in [0.29, 0.717) is 17.4 Å². The zero-order valence-corrected chi connectivity index (χ0v) is 16.8. The molecule has 0 saturated heterocycles. The highest BCUT2D eigenvalue weighted by Gasteiger charge is 2.22. The third-order valence-electron chi connectivity index (χ3n) is 3.25. The zero-order chi connectivity index (χ0) is 16.0. The van der Waals surface area contributed by atoms with Gasteiger partial charge in [0.05, 0.1) is 4.90 Å². The molecule has 1 rings (SSSR count). The van der Waals surface area contributed by atoms with Crippen LogP contribution in [0.3, 0.4) is 0 Å². The second kappa shape index (κ2) is 9.31. The van der Waals surface area contributed by atoms with Crippen molar-refractivity contribution in [1.82, 2.24) is 14.9 Å². The van der Waals surface area contributed by atoms with Crippen molar-refractivity contribution in [3.8, 4) is 0 Å². The minimum Gasteiger partial charge on any atom is -0.359 e. The molecular weight excluding hydrogens is 415 g/mol. The van der Waals surface area contributed by atoms with E-state index < -0.39 is 10.0 Å². The summed E-state index contributed by atoms with van der Waals surface area (Å²) < 4.78 is 26.0. The first-order valence-corrected chi connectivity index (χ1v) is 8.22. The number of sulfonamides is 1. The second-order valence-electron chi connectivity index (χ2n) is 4.93. The molecule has 2 N–H and O–H groups in total. The van der Waals surface area contributed by atoms with Gasteiger partial charge in [0, 0.05) is 33.7 Å². The first-order chi connectivity index (χ1) is 9.82. The second-order valence-corrected chi connectivity index (χ2v) is 6.93. The number of aliphatic imine (C=N–C) groups is 1. The van der Waals surface area contributed by atoms with Gasteiger partial charge in [-0.25, -0.2) is 8.42 Å². The Morgan fingerprint density at radius 3 is 2.23 bits per heavy atom. The maximum Gasteiger partial charge on any atom is 0.243 e. The van der Waals surface area contributed by atoms with E-state index in [-0.39, 0.29) is 30.0 Å². The average Bonchev–Trinajstić information content (AvgIpc) is 2.47. The van der Waals surface area contributed by atoms with Crippen LogP contribution in [0.25, 0.3) is 0 Å². The first kappa shape index (κ1) is 21.1. The minimum atomic E-state index is -3.42. The largest absolute Gasteiger partial charge is 0.359 e. The Hall–Kier alpha value is -0.870. The van der Waals surface area contributed by atoms with Crippen LogP contribution in [0, 0.1) is 0 Å². The van der Waals surface area contributed by atoms with Gasteiger partial charge in [0.2, 0.25) is 10.0 Å². The molecule has 0 radical (unpaired) electrons. The Kier molecular flexibility index (Phi) is 8.94. The van der Waals surface area contributed by atoms with E-state index in [0.717, 1.165) is 5.56 Å². The molecule has 0 aliphatic heterocycles. The average molecular weight is 440 g/mol. The van der Waals surface area contributed by atoms with E-state index in [1.165, 1.54) is 4.31 Å². The van der Waals surface area contributed by atoms with Crippen LogP contribution in [0.2, 0.25) is 0 Å². The molecule has 1 aromatic rings. The van der Waals surface area contributed by atoms with Crippen LogP contribution in [-0.2, 0) is 16.6 Å². The van der Waals surface area contributed by atoms with Gasteiger partial charge in [0.1, 0.15) is 0 Å². The van der Waals surface area contributed by atoms with Gasteiger partial charge in [-0.05, 0) is 31.5 Å². The standard InChI is InChI=1S/C14H24N4O2S.HI/c1-11(2)18(5)21(19,20)13-8-6-12(7-9-13)10-17-14(15-3)16-4;/h6-9,11H,10H2,1-5H3,(H2,15,16,17);1H. The monoisotopic (exact) mass is 440 g/mol. The number of rotatable bonds is 5. The maximum absolute atomic E-state index is 12.3. The lowest BCUT2D eigenvalue weighted by Crippen LogP contribution is -2.34. The molecule has 8 heteroatoms. The van der Waals surface area contributed by atoms with Crippen LogP contribution in [0.5, 0.6) is 0 Å². The summed E-state index contributed by atoms with van der Waals surface area (Å²) >= 11 is 0. The number of benzene rings is 1. The van der Waals surface area contributed by atoms with E-state index >= 15 is 0 Å². The van der Waals surface area contributed by atoms with Crippen LogP contribution < -0.4 is 10.6 Å². The van der Waals surface area contributed by atoms with Gasteiger partial charge >= 0.3 is 0 Å². The number of nitrogens with one attached hydrogen (secondary N) is 2. The van der Waals surface area contributed by atoms with Crippen molar-refractivity contribution >= 4 is 40.0 Å². The van der Waals surface area contributed by atoms with E-state index in [2.05, 4.69) is 15.6 Å². The Morgan fingerprint density at radius 1 is 1.27 bits per heavy atom. The van der Waals surface area contributed by atoms with Crippen LogP contribution in [-0.4, -0.2) is 45.9 Å². The molecule has 0 aliphatic rings. The summed E-state index contributed by atoms with van der Waals surface area (Å²) in [5.41, 5.74) is 0.984. The highest BCUT2D eigenvalue weighted by molar-refractivity contribution is 14.0. The predicted molar refractivity (Wildman–Crippen MR) is 101 cm³/mol. The number of nitrogens with zero attached hydrogens (tertiary/aromatic N) is 2. The molecule has 0 saturated carbocycles. The van der Waals surface area contributed by atoms with Gasteiger partial charge in [-0.3, -0.25) is 4.99 Å². The van der Waals surface area contributed by atoms with Crippen molar-refractivity contribution in [2.24, 2.45) is 4.99 Å². The molecule has 6 nitrogen and oxygen atoms in total. The molecule has 22 heavy (non-hydrogen) atoms. The maximum atomic E-state index is 12.3. The number of hydrogen-bond acceptors (Lipinski definition) is 3. The summed E-state index contributed by atoms with van der Waals surface area (Å²) in [6, 6.07) is 6.80. The Morgan fingerprint density at radius 2 is 1.82 bits per heavy atom. The predicted octanol–water partition coefficient (Wildman–Crippen LogP) is 1.63. The van der Waals surface area contributed by atoms with Crippen LogP contribution in [0.4, 0.5) is 0 Å². The Balaban J connectivity index is 0.00000441. The fourth-order valence-corrected chi connectivity index (χ4v) is 3.06. The van der Waals surface area contributed by atoms with Gasteiger partial charge in [-0.1, -0.05) is 12.1 Å². The molecule has 0 fully saturated rings. The van der Waals surface area contributed by atoms with E-state index in [1.807, 2.05) is 13.8 Å². The third-order valence-corrected chi connectivity index (χ3v) is 5.30. The lowest BCUT2D eigenvalue weighted by atomic mass is 10.2. The Bertz CT molecular complexity index is 585. The van der Waals surface area contributed by atoms with Gasteiger partial charge in [0.15, 0.2) is 5.96 Å². The van der Waals surface area contributed by atoms with Crippen molar-refractivity contribution in [2.75, 3.05) is 21.1 Å². The molecule has 1 aromatic carbocycles. The summed E-state index contributed by atoms with van der Waals surface area (Å²) in [5.74, 6) is 0.686. The summed E-state index contributed by atoms with van der Waals surface area (Å²) in [6.45, 7) is 4.27. The Labute approximate surface area is 150 Å². The van der Waals surface area contributed by atoms with E-state index in [1.54, 1.807) is 45.4 Å². The molecule has 0 bridgehead atoms.